The Hall–Kier alpha value is -2.69. The van der Waals surface area contributed by atoms with Crippen LogP contribution in [0.1, 0.15) is 5.56 Å². The highest BCUT2D eigenvalue weighted by atomic mass is 35.5. The van der Waals surface area contributed by atoms with Crippen molar-refractivity contribution in [1.29, 1.82) is 0 Å². The molecule has 0 aliphatic carbocycles. The Morgan fingerprint density at radius 3 is 2.36 bits per heavy atom. The number of nitrogens with one attached hydrogen (secondary N) is 1. The summed E-state index contributed by atoms with van der Waals surface area (Å²) >= 11 is 11.8. The van der Waals surface area contributed by atoms with Gasteiger partial charge in [-0.1, -0.05) is 41.9 Å². The summed E-state index contributed by atoms with van der Waals surface area (Å²) in [4.78, 5) is 12.4. The molecule has 3 aromatic carbocycles. The number of ether oxygens (including phenoxy) is 2. The molecule has 0 aliphatic heterocycles. The quantitative estimate of drug-likeness (QED) is 0.367. The molecule has 6 heteroatoms. The molecule has 1 atom stereocenters. The number of benzene rings is 3. The number of anilines is 1. The summed E-state index contributed by atoms with van der Waals surface area (Å²) in [6.07, 6.45) is 0. The molecule has 0 saturated heterocycles. The maximum absolute atomic E-state index is 12.4. The maximum atomic E-state index is 12.4. The molecule has 1 unspecified atom stereocenters. The number of halogens is 2. The standard InChI is InChI=1S/C22H19Cl2NO3/c23-14-21(25-18-11-9-17(24)10-12-18)22(26)27-15-16-5-4-8-20(13-16)28-19-6-2-1-3-7-19/h1-13,21,25H,14-15H2. The van der Waals surface area contributed by atoms with E-state index in [1.807, 2.05) is 54.6 Å². The van der Waals surface area contributed by atoms with Gasteiger partial charge in [0.2, 0.25) is 0 Å². The van der Waals surface area contributed by atoms with Crippen molar-refractivity contribution in [3.05, 3.63) is 89.4 Å². The van der Waals surface area contributed by atoms with Crippen LogP contribution in [0, 0.1) is 0 Å². The Labute approximate surface area is 174 Å². The van der Waals surface area contributed by atoms with Crippen molar-refractivity contribution in [3.8, 4) is 11.5 Å². The second kappa shape index (κ2) is 10.0. The molecule has 0 spiro atoms. The fraction of sp³-hybridized carbons (Fsp3) is 0.136. The van der Waals surface area contributed by atoms with Gasteiger partial charge in [-0.05, 0) is 54.1 Å². The molecule has 28 heavy (non-hydrogen) atoms. The van der Waals surface area contributed by atoms with Crippen LogP contribution in [0.5, 0.6) is 11.5 Å². The number of rotatable bonds is 8. The number of para-hydroxylation sites is 1. The molecule has 0 bridgehead atoms. The third-order valence-electron chi connectivity index (χ3n) is 3.88. The summed E-state index contributed by atoms with van der Waals surface area (Å²) in [5, 5.41) is 3.66. The molecule has 3 rings (SSSR count). The van der Waals surface area contributed by atoms with E-state index in [-0.39, 0.29) is 12.5 Å². The average molecular weight is 416 g/mol. The fourth-order valence-corrected chi connectivity index (χ4v) is 2.82. The lowest BCUT2D eigenvalue weighted by atomic mass is 10.2. The van der Waals surface area contributed by atoms with Gasteiger partial charge in [0.05, 0.1) is 5.88 Å². The smallest absolute Gasteiger partial charge is 0.330 e. The van der Waals surface area contributed by atoms with Crippen LogP contribution < -0.4 is 10.1 Å². The lowest BCUT2D eigenvalue weighted by molar-refractivity contribution is -0.145. The van der Waals surface area contributed by atoms with Gasteiger partial charge in [0.1, 0.15) is 24.1 Å². The SMILES string of the molecule is O=C(OCc1cccc(Oc2ccccc2)c1)C(CCl)Nc1ccc(Cl)cc1. The van der Waals surface area contributed by atoms with E-state index in [2.05, 4.69) is 5.32 Å². The van der Waals surface area contributed by atoms with Crippen LogP contribution >= 0.6 is 23.2 Å². The van der Waals surface area contributed by atoms with Crippen molar-refractivity contribution < 1.29 is 14.3 Å². The molecule has 0 aromatic heterocycles. The highest BCUT2D eigenvalue weighted by Crippen LogP contribution is 2.22. The summed E-state index contributed by atoms with van der Waals surface area (Å²) in [6, 6.07) is 23.3. The zero-order valence-corrected chi connectivity index (χ0v) is 16.5. The molecule has 4 nitrogen and oxygen atoms in total. The van der Waals surface area contributed by atoms with Gasteiger partial charge in [-0.15, -0.1) is 11.6 Å². The lowest BCUT2D eigenvalue weighted by Gasteiger charge is -2.16. The van der Waals surface area contributed by atoms with Crippen molar-refractivity contribution in [2.45, 2.75) is 12.6 Å². The average Bonchev–Trinajstić information content (AvgIpc) is 2.72. The Kier molecular flexibility index (Phi) is 7.18. The van der Waals surface area contributed by atoms with Gasteiger partial charge in [-0.2, -0.15) is 0 Å². The minimum absolute atomic E-state index is 0.0820. The van der Waals surface area contributed by atoms with Gasteiger partial charge in [-0.3, -0.25) is 0 Å². The van der Waals surface area contributed by atoms with Gasteiger partial charge < -0.3 is 14.8 Å². The van der Waals surface area contributed by atoms with E-state index in [4.69, 9.17) is 32.7 Å². The van der Waals surface area contributed by atoms with Crippen LogP contribution in [0.3, 0.4) is 0 Å². The highest BCUT2D eigenvalue weighted by Gasteiger charge is 2.19. The maximum Gasteiger partial charge on any atom is 0.330 e. The second-order valence-electron chi connectivity index (χ2n) is 6.03. The van der Waals surface area contributed by atoms with Crippen molar-refractivity contribution in [2.24, 2.45) is 0 Å². The predicted molar refractivity (Wildman–Crippen MR) is 112 cm³/mol. The third-order valence-corrected chi connectivity index (χ3v) is 4.44. The monoisotopic (exact) mass is 415 g/mol. The van der Waals surface area contributed by atoms with Gasteiger partial charge in [0.25, 0.3) is 0 Å². The van der Waals surface area contributed by atoms with Crippen molar-refractivity contribution >= 4 is 34.9 Å². The first-order valence-corrected chi connectivity index (χ1v) is 9.62. The van der Waals surface area contributed by atoms with E-state index in [0.29, 0.717) is 10.8 Å². The first kappa shape index (κ1) is 20.1. The third kappa shape index (κ3) is 5.91. The minimum Gasteiger partial charge on any atom is -0.459 e. The summed E-state index contributed by atoms with van der Waals surface area (Å²) in [5.74, 6) is 1.07. The summed E-state index contributed by atoms with van der Waals surface area (Å²) in [6.45, 7) is 0.126. The normalized spacial score (nSPS) is 11.5. The lowest BCUT2D eigenvalue weighted by Crippen LogP contribution is -2.32. The Morgan fingerprint density at radius 2 is 1.64 bits per heavy atom. The zero-order valence-electron chi connectivity index (χ0n) is 15.0. The summed E-state index contributed by atoms with van der Waals surface area (Å²) in [7, 11) is 0. The van der Waals surface area contributed by atoms with Crippen LogP contribution in [-0.4, -0.2) is 17.9 Å². The minimum atomic E-state index is -0.661. The first-order valence-electron chi connectivity index (χ1n) is 8.70. The molecule has 0 heterocycles. The van der Waals surface area contributed by atoms with Crippen LogP contribution in [0.25, 0.3) is 0 Å². The number of esters is 1. The molecule has 0 fully saturated rings. The van der Waals surface area contributed by atoms with Crippen LogP contribution in [-0.2, 0) is 16.1 Å². The molecule has 0 aliphatic rings. The Bertz CT molecular complexity index is 901. The van der Waals surface area contributed by atoms with Crippen LogP contribution in [0.2, 0.25) is 5.02 Å². The van der Waals surface area contributed by atoms with Crippen molar-refractivity contribution in [2.75, 3.05) is 11.2 Å². The number of alkyl halides is 1. The molecular formula is C22H19Cl2NO3. The molecule has 1 N–H and O–H groups in total. The van der Waals surface area contributed by atoms with Crippen molar-refractivity contribution in [1.82, 2.24) is 0 Å². The zero-order chi connectivity index (χ0) is 19.8. The fourth-order valence-electron chi connectivity index (χ4n) is 2.49. The molecule has 0 amide bonds. The summed E-state index contributed by atoms with van der Waals surface area (Å²) < 4.78 is 11.2. The van der Waals surface area contributed by atoms with Crippen LogP contribution in [0.4, 0.5) is 5.69 Å². The Morgan fingerprint density at radius 1 is 0.929 bits per heavy atom. The number of hydrogen-bond acceptors (Lipinski definition) is 4. The van der Waals surface area contributed by atoms with Crippen LogP contribution in [0.15, 0.2) is 78.9 Å². The van der Waals surface area contributed by atoms with Gasteiger partial charge in [0, 0.05) is 10.7 Å². The first-order chi connectivity index (χ1) is 13.6. The molecule has 0 saturated carbocycles. The predicted octanol–water partition coefficient (Wildman–Crippen LogP) is 5.90. The van der Waals surface area contributed by atoms with E-state index in [1.165, 1.54) is 0 Å². The van der Waals surface area contributed by atoms with E-state index in [9.17, 15) is 4.79 Å². The van der Waals surface area contributed by atoms with E-state index in [0.717, 1.165) is 17.0 Å². The van der Waals surface area contributed by atoms with E-state index in [1.54, 1.807) is 24.3 Å². The largest absolute Gasteiger partial charge is 0.459 e. The topological polar surface area (TPSA) is 47.6 Å². The second-order valence-corrected chi connectivity index (χ2v) is 6.77. The van der Waals surface area contributed by atoms with Gasteiger partial charge in [-0.25, -0.2) is 4.79 Å². The van der Waals surface area contributed by atoms with Crippen molar-refractivity contribution in [3.63, 3.8) is 0 Å². The summed E-state index contributed by atoms with van der Waals surface area (Å²) in [5.41, 5.74) is 1.56. The van der Waals surface area contributed by atoms with E-state index >= 15 is 0 Å². The van der Waals surface area contributed by atoms with Gasteiger partial charge >= 0.3 is 5.97 Å². The van der Waals surface area contributed by atoms with E-state index < -0.39 is 12.0 Å². The molecule has 0 radical (unpaired) electrons. The number of carbonyl (C=O) groups excluding carboxylic acids is 1. The van der Waals surface area contributed by atoms with Gasteiger partial charge in [0.15, 0.2) is 0 Å². The number of hydrogen-bond donors (Lipinski definition) is 1. The molecule has 3 aromatic rings. The Balaban J connectivity index is 1.57. The molecule has 144 valence electrons. The molecular weight excluding hydrogens is 397 g/mol. The number of carbonyl (C=O) groups is 1. The highest BCUT2D eigenvalue weighted by molar-refractivity contribution is 6.30.